The van der Waals surface area contributed by atoms with Crippen molar-refractivity contribution in [1.82, 2.24) is 0 Å². The van der Waals surface area contributed by atoms with Crippen molar-refractivity contribution in [2.75, 3.05) is 5.32 Å². The molecule has 1 aromatic carbocycles. The quantitative estimate of drug-likeness (QED) is 0.818. The molecule has 0 saturated carbocycles. The topological polar surface area (TPSA) is 42.2 Å². The number of para-hydroxylation sites is 1. The zero-order valence-electron chi connectivity index (χ0n) is 10.1. The van der Waals surface area contributed by atoms with Crippen molar-refractivity contribution < 1.29 is 9.21 Å². The van der Waals surface area contributed by atoms with Crippen LogP contribution in [0.15, 0.2) is 46.9 Å². The summed E-state index contributed by atoms with van der Waals surface area (Å²) in [5.41, 5.74) is 2.56. The highest BCUT2D eigenvalue weighted by Gasteiger charge is 2.22. The first-order chi connectivity index (χ1) is 8.74. The van der Waals surface area contributed by atoms with Crippen LogP contribution in [0.25, 0.3) is 5.57 Å². The van der Waals surface area contributed by atoms with Crippen LogP contribution in [0.3, 0.4) is 0 Å². The fourth-order valence-electron chi connectivity index (χ4n) is 2.14. The Morgan fingerprint density at radius 3 is 2.83 bits per heavy atom. The molecule has 3 rings (SSSR count). The molecule has 0 unspecified atom stereocenters. The number of nitrogens with one attached hydrogen (secondary N) is 1. The average Bonchev–Trinajstić information content (AvgIpc) is 2.90. The number of benzene rings is 1. The maximum absolute atomic E-state index is 11.8. The number of anilines is 1. The smallest absolute Gasteiger partial charge is 0.256 e. The molecule has 18 heavy (non-hydrogen) atoms. The minimum atomic E-state index is -0.0421. The van der Waals surface area contributed by atoms with Gasteiger partial charge >= 0.3 is 0 Å². The van der Waals surface area contributed by atoms with Crippen LogP contribution >= 0.6 is 0 Å². The highest BCUT2D eigenvalue weighted by Crippen LogP contribution is 2.31. The van der Waals surface area contributed by atoms with Gasteiger partial charge in [-0.3, -0.25) is 4.79 Å². The second-order valence-electron chi connectivity index (χ2n) is 4.33. The van der Waals surface area contributed by atoms with E-state index in [1.807, 2.05) is 49.4 Å². The first-order valence-electron chi connectivity index (χ1n) is 5.90. The van der Waals surface area contributed by atoms with Crippen LogP contribution in [0.2, 0.25) is 0 Å². The maximum Gasteiger partial charge on any atom is 0.256 e. The van der Waals surface area contributed by atoms with E-state index in [1.54, 1.807) is 0 Å². The van der Waals surface area contributed by atoms with Crippen LogP contribution in [0, 0.1) is 6.92 Å². The van der Waals surface area contributed by atoms with E-state index in [2.05, 4.69) is 5.32 Å². The molecule has 0 aliphatic carbocycles. The molecular formula is C15H13NO2. The van der Waals surface area contributed by atoms with E-state index in [4.69, 9.17) is 4.42 Å². The van der Waals surface area contributed by atoms with E-state index in [-0.39, 0.29) is 5.91 Å². The number of fused-ring (bicyclic) bond motifs is 1. The van der Waals surface area contributed by atoms with Gasteiger partial charge in [-0.05, 0) is 25.1 Å². The average molecular weight is 239 g/mol. The van der Waals surface area contributed by atoms with Gasteiger partial charge in [-0.2, -0.15) is 0 Å². The van der Waals surface area contributed by atoms with Gasteiger partial charge in [-0.25, -0.2) is 0 Å². The molecule has 0 radical (unpaired) electrons. The minimum absolute atomic E-state index is 0.0421. The van der Waals surface area contributed by atoms with Gasteiger partial charge in [0.25, 0.3) is 5.91 Å². The first kappa shape index (κ1) is 10.8. The van der Waals surface area contributed by atoms with Gasteiger partial charge < -0.3 is 9.73 Å². The molecule has 3 nitrogen and oxygen atoms in total. The van der Waals surface area contributed by atoms with Gasteiger partial charge in [0, 0.05) is 23.2 Å². The fraction of sp³-hybridized carbons (Fsp3) is 0.133. The summed E-state index contributed by atoms with van der Waals surface area (Å²) >= 11 is 0. The molecule has 0 fully saturated rings. The Balaban J connectivity index is 1.90. The lowest BCUT2D eigenvalue weighted by Crippen LogP contribution is -2.03. The minimum Gasteiger partial charge on any atom is -0.466 e. The predicted molar refractivity (Wildman–Crippen MR) is 70.2 cm³/mol. The van der Waals surface area contributed by atoms with Crippen molar-refractivity contribution in [2.45, 2.75) is 13.3 Å². The lowest BCUT2D eigenvalue weighted by Gasteiger charge is -1.96. The second kappa shape index (κ2) is 4.18. The zero-order chi connectivity index (χ0) is 12.5. The molecule has 2 heterocycles. The molecule has 0 bridgehead atoms. The van der Waals surface area contributed by atoms with Gasteiger partial charge in [0.1, 0.15) is 11.5 Å². The van der Waals surface area contributed by atoms with Crippen molar-refractivity contribution in [3.8, 4) is 0 Å². The van der Waals surface area contributed by atoms with Crippen molar-refractivity contribution in [1.29, 1.82) is 0 Å². The van der Waals surface area contributed by atoms with E-state index in [9.17, 15) is 4.79 Å². The lowest BCUT2D eigenvalue weighted by atomic mass is 10.1. The van der Waals surface area contributed by atoms with Crippen LogP contribution in [-0.2, 0) is 11.2 Å². The Morgan fingerprint density at radius 2 is 2.06 bits per heavy atom. The molecule has 0 atom stereocenters. The SMILES string of the molecule is Cc1ccc(CC=C2C(=O)Nc3ccccc32)o1. The van der Waals surface area contributed by atoms with E-state index >= 15 is 0 Å². The Morgan fingerprint density at radius 1 is 1.22 bits per heavy atom. The number of amides is 1. The van der Waals surface area contributed by atoms with Crippen LogP contribution < -0.4 is 5.32 Å². The van der Waals surface area contributed by atoms with Crippen LogP contribution in [0.4, 0.5) is 5.69 Å². The second-order valence-corrected chi connectivity index (χ2v) is 4.33. The Bertz CT molecular complexity index is 637. The summed E-state index contributed by atoms with van der Waals surface area (Å²) in [5, 5.41) is 2.85. The number of furan rings is 1. The molecule has 0 saturated heterocycles. The van der Waals surface area contributed by atoms with Gasteiger partial charge in [0.2, 0.25) is 0 Å². The predicted octanol–water partition coefficient (Wildman–Crippen LogP) is 3.17. The van der Waals surface area contributed by atoms with E-state index < -0.39 is 0 Å². The molecular weight excluding hydrogens is 226 g/mol. The summed E-state index contributed by atoms with van der Waals surface area (Å²) in [4.78, 5) is 11.8. The van der Waals surface area contributed by atoms with Gasteiger partial charge in [0.15, 0.2) is 0 Å². The van der Waals surface area contributed by atoms with E-state index in [0.29, 0.717) is 6.42 Å². The first-order valence-corrected chi connectivity index (χ1v) is 5.90. The molecule has 3 heteroatoms. The van der Waals surface area contributed by atoms with Crippen LogP contribution in [0.5, 0.6) is 0 Å². The molecule has 90 valence electrons. The maximum atomic E-state index is 11.8. The monoisotopic (exact) mass is 239 g/mol. The van der Waals surface area contributed by atoms with Gasteiger partial charge in [-0.15, -0.1) is 0 Å². The van der Waals surface area contributed by atoms with Crippen molar-refractivity contribution in [2.24, 2.45) is 0 Å². The van der Waals surface area contributed by atoms with Crippen LogP contribution in [-0.4, -0.2) is 5.91 Å². The lowest BCUT2D eigenvalue weighted by molar-refractivity contribution is -0.110. The van der Waals surface area contributed by atoms with Gasteiger partial charge in [0.05, 0.1) is 0 Å². The summed E-state index contributed by atoms with van der Waals surface area (Å²) in [6.45, 7) is 1.91. The standard InChI is InChI=1S/C15H13NO2/c1-10-6-7-11(18-10)8-9-13-12-4-2-3-5-14(12)16-15(13)17/h2-7,9H,8H2,1H3,(H,16,17). The van der Waals surface area contributed by atoms with E-state index in [0.717, 1.165) is 28.3 Å². The summed E-state index contributed by atoms with van der Waals surface area (Å²) in [5.74, 6) is 1.72. The highest BCUT2D eigenvalue weighted by molar-refractivity contribution is 6.31. The van der Waals surface area contributed by atoms with Crippen LogP contribution in [0.1, 0.15) is 17.1 Å². The molecule has 1 aliphatic heterocycles. The number of rotatable bonds is 2. The Hall–Kier alpha value is -2.29. The van der Waals surface area contributed by atoms with E-state index in [1.165, 1.54) is 0 Å². The number of allylic oxidation sites excluding steroid dienone is 1. The summed E-state index contributed by atoms with van der Waals surface area (Å²) in [6, 6.07) is 11.6. The Kier molecular flexibility index (Phi) is 2.52. The summed E-state index contributed by atoms with van der Waals surface area (Å²) < 4.78 is 5.49. The molecule has 0 spiro atoms. The van der Waals surface area contributed by atoms with Gasteiger partial charge in [-0.1, -0.05) is 24.3 Å². The number of hydrogen-bond acceptors (Lipinski definition) is 2. The number of carbonyl (C=O) groups is 1. The van der Waals surface area contributed by atoms with Crippen molar-refractivity contribution >= 4 is 17.2 Å². The molecule has 2 aromatic rings. The molecule has 1 aromatic heterocycles. The molecule has 1 aliphatic rings. The largest absolute Gasteiger partial charge is 0.466 e. The fourth-order valence-corrected chi connectivity index (χ4v) is 2.14. The summed E-state index contributed by atoms with van der Waals surface area (Å²) in [6.07, 6.45) is 2.55. The Labute approximate surface area is 105 Å². The third kappa shape index (κ3) is 1.84. The normalized spacial score (nSPS) is 15.8. The number of hydrogen-bond donors (Lipinski definition) is 1. The van der Waals surface area contributed by atoms with Crippen molar-refractivity contribution in [3.05, 3.63) is 59.6 Å². The highest BCUT2D eigenvalue weighted by atomic mass is 16.3. The number of aryl methyl sites for hydroxylation is 1. The summed E-state index contributed by atoms with van der Waals surface area (Å²) in [7, 11) is 0. The third-order valence-corrected chi connectivity index (χ3v) is 3.01. The molecule has 1 amide bonds. The van der Waals surface area contributed by atoms with Crippen molar-refractivity contribution in [3.63, 3.8) is 0 Å². The third-order valence-electron chi connectivity index (χ3n) is 3.01. The zero-order valence-corrected chi connectivity index (χ0v) is 10.1. The number of carbonyl (C=O) groups excluding carboxylic acids is 1. The molecule has 1 N–H and O–H groups in total.